The van der Waals surface area contributed by atoms with E-state index in [1.165, 1.54) is 39.2 Å². The van der Waals surface area contributed by atoms with Crippen LogP contribution in [0.5, 0.6) is 11.5 Å². The number of benzene rings is 2. The molecule has 1 amide bonds. The molecule has 0 aliphatic heterocycles. The summed E-state index contributed by atoms with van der Waals surface area (Å²) in [6.45, 7) is 2.92. The number of hydrogen-bond donors (Lipinski definition) is 1. The molecule has 132 valence electrons. The van der Waals surface area contributed by atoms with Crippen LogP contribution in [0.2, 0.25) is 0 Å². The highest BCUT2D eigenvalue weighted by Gasteiger charge is 2.18. The highest BCUT2D eigenvalue weighted by Crippen LogP contribution is 2.29. The molecular weight excluding hydrogens is 332 g/mol. The van der Waals surface area contributed by atoms with Gasteiger partial charge in [-0.25, -0.2) is 8.78 Å². The Kier molecular flexibility index (Phi) is 5.69. The number of carbonyl (C=O) groups excluding carboxylic acids is 2. The maximum atomic E-state index is 13.2. The van der Waals surface area contributed by atoms with E-state index in [2.05, 4.69) is 5.32 Å². The molecule has 0 aliphatic rings. The van der Waals surface area contributed by atoms with Crippen molar-refractivity contribution in [3.05, 3.63) is 53.6 Å². The van der Waals surface area contributed by atoms with Crippen LogP contribution in [0.1, 0.15) is 24.2 Å². The fourth-order valence-corrected chi connectivity index (χ4v) is 2.05. The van der Waals surface area contributed by atoms with Crippen LogP contribution in [-0.4, -0.2) is 24.9 Å². The van der Waals surface area contributed by atoms with E-state index in [-0.39, 0.29) is 17.2 Å². The number of ketones is 1. The third-order valence-corrected chi connectivity index (χ3v) is 3.43. The first-order valence-electron chi connectivity index (χ1n) is 7.43. The minimum Gasteiger partial charge on any atom is -0.493 e. The first kappa shape index (κ1) is 18.4. The Morgan fingerprint density at radius 2 is 1.76 bits per heavy atom. The predicted molar refractivity (Wildman–Crippen MR) is 88.1 cm³/mol. The van der Waals surface area contributed by atoms with E-state index in [9.17, 15) is 18.4 Å². The van der Waals surface area contributed by atoms with Crippen molar-refractivity contribution in [3.63, 3.8) is 0 Å². The Hall–Kier alpha value is -2.96. The quantitative estimate of drug-likeness (QED) is 0.810. The summed E-state index contributed by atoms with van der Waals surface area (Å²) >= 11 is 0. The molecule has 5 nitrogen and oxygen atoms in total. The monoisotopic (exact) mass is 349 g/mol. The fraction of sp³-hybridized carbons (Fsp3) is 0.222. The number of halogens is 2. The first-order chi connectivity index (χ1) is 11.8. The lowest BCUT2D eigenvalue weighted by atomic mass is 10.1. The lowest BCUT2D eigenvalue weighted by Gasteiger charge is -2.17. The van der Waals surface area contributed by atoms with E-state index in [1.54, 1.807) is 6.07 Å². The van der Waals surface area contributed by atoms with E-state index in [1.807, 2.05) is 0 Å². The van der Waals surface area contributed by atoms with Gasteiger partial charge < -0.3 is 14.8 Å². The van der Waals surface area contributed by atoms with Gasteiger partial charge in [0.05, 0.1) is 7.11 Å². The summed E-state index contributed by atoms with van der Waals surface area (Å²) in [5.41, 5.74) is 0.557. The van der Waals surface area contributed by atoms with Crippen LogP contribution in [0.4, 0.5) is 14.5 Å². The first-order valence-corrected chi connectivity index (χ1v) is 7.43. The summed E-state index contributed by atoms with van der Waals surface area (Å²) in [5, 5.41) is 2.43. The molecule has 25 heavy (non-hydrogen) atoms. The number of amides is 1. The highest BCUT2D eigenvalue weighted by molar-refractivity contribution is 5.95. The maximum absolute atomic E-state index is 13.2. The SMILES string of the molecule is COc1cc(C(C)=O)ccc1OC(C)C(=O)Nc1ccc(F)c(F)c1. The number of ether oxygens (including phenoxy) is 2. The Balaban J connectivity index is 2.10. The zero-order valence-electron chi connectivity index (χ0n) is 13.9. The zero-order chi connectivity index (χ0) is 18.6. The molecule has 2 aromatic rings. The van der Waals surface area contributed by atoms with Gasteiger partial charge in [0, 0.05) is 17.3 Å². The lowest BCUT2D eigenvalue weighted by Crippen LogP contribution is -2.30. The second-order valence-corrected chi connectivity index (χ2v) is 5.30. The van der Waals surface area contributed by atoms with Gasteiger partial charge in [0.15, 0.2) is 35.0 Å². The Bertz CT molecular complexity index is 808. The van der Waals surface area contributed by atoms with Crippen LogP contribution in [-0.2, 0) is 4.79 Å². The van der Waals surface area contributed by atoms with Crippen molar-refractivity contribution in [2.45, 2.75) is 20.0 Å². The minimum atomic E-state index is -1.06. The van der Waals surface area contributed by atoms with Gasteiger partial charge in [0.2, 0.25) is 0 Å². The number of nitrogens with one attached hydrogen (secondary N) is 1. The van der Waals surface area contributed by atoms with Crippen LogP contribution in [0.25, 0.3) is 0 Å². The Morgan fingerprint density at radius 1 is 1.04 bits per heavy atom. The average Bonchev–Trinajstić information content (AvgIpc) is 2.58. The van der Waals surface area contributed by atoms with Crippen LogP contribution < -0.4 is 14.8 Å². The third-order valence-electron chi connectivity index (χ3n) is 3.43. The highest BCUT2D eigenvalue weighted by atomic mass is 19.2. The van der Waals surface area contributed by atoms with Gasteiger partial charge in [-0.2, -0.15) is 0 Å². The van der Waals surface area contributed by atoms with Crippen molar-refractivity contribution in [2.24, 2.45) is 0 Å². The molecule has 7 heteroatoms. The summed E-state index contributed by atoms with van der Waals surface area (Å²) in [6, 6.07) is 7.63. The van der Waals surface area contributed by atoms with Gasteiger partial charge in [-0.05, 0) is 44.2 Å². The van der Waals surface area contributed by atoms with Crippen molar-refractivity contribution in [2.75, 3.05) is 12.4 Å². The van der Waals surface area contributed by atoms with Crippen molar-refractivity contribution in [1.82, 2.24) is 0 Å². The summed E-state index contributed by atoms with van der Waals surface area (Å²) in [7, 11) is 1.41. The van der Waals surface area contributed by atoms with Crippen molar-refractivity contribution < 1.29 is 27.8 Å². The maximum Gasteiger partial charge on any atom is 0.265 e. The molecule has 1 N–H and O–H groups in total. The van der Waals surface area contributed by atoms with E-state index >= 15 is 0 Å². The molecule has 0 fully saturated rings. The van der Waals surface area contributed by atoms with Gasteiger partial charge >= 0.3 is 0 Å². The molecule has 0 heterocycles. The van der Waals surface area contributed by atoms with Gasteiger partial charge in [-0.3, -0.25) is 9.59 Å². The number of carbonyl (C=O) groups is 2. The fourth-order valence-electron chi connectivity index (χ4n) is 2.05. The molecule has 0 aromatic heterocycles. The third kappa shape index (κ3) is 4.53. The van der Waals surface area contributed by atoms with Gasteiger partial charge in [0.25, 0.3) is 5.91 Å². The molecular formula is C18H17F2NO4. The van der Waals surface area contributed by atoms with E-state index < -0.39 is 23.6 Å². The number of hydrogen-bond acceptors (Lipinski definition) is 4. The van der Waals surface area contributed by atoms with Crippen LogP contribution in [0.3, 0.4) is 0 Å². The smallest absolute Gasteiger partial charge is 0.265 e. The molecule has 0 saturated heterocycles. The predicted octanol–water partition coefficient (Wildman–Crippen LogP) is 3.58. The van der Waals surface area contributed by atoms with E-state index in [4.69, 9.17) is 9.47 Å². The normalized spacial score (nSPS) is 11.6. The largest absolute Gasteiger partial charge is 0.493 e. The zero-order valence-corrected chi connectivity index (χ0v) is 13.9. The molecule has 2 rings (SSSR count). The lowest BCUT2D eigenvalue weighted by molar-refractivity contribution is -0.122. The number of anilines is 1. The van der Waals surface area contributed by atoms with Gasteiger partial charge in [-0.1, -0.05) is 0 Å². The van der Waals surface area contributed by atoms with Crippen molar-refractivity contribution in [1.29, 1.82) is 0 Å². The van der Waals surface area contributed by atoms with Gasteiger partial charge in [0.1, 0.15) is 0 Å². The molecule has 0 bridgehead atoms. The number of methoxy groups -OCH3 is 1. The molecule has 0 aliphatic carbocycles. The second kappa shape index (κ2) is 7.74. The summed E-state index contributed by atoms with van der Waals surface area (Å²) in [5.74, 6) is -2.16. The molecule has 0 spiro atoms. The van der Waals surface area contributed by atoms with Crippen LogP contribution in [0.15, 0.2) is 36.4 Å². The number of Topliss-reactive ketones (excluding diaryl/α,β-unsaturated/α-hetero) is 1. The second-order valence-electron chi connectivity index (χ2n) is 5.30. The van der Waals surface area contributed by atoms with Gasteiger partial charge in [-0.15, -0.1) is 0 Å². The van der Waals surface area contributed by atoms with E-state index in [0.717, 1.165) is 12.1 Å². The Labute approximate surface area is 143 Å². The summed E-state index contributed by atoms with van der Waals surface area (Å²) in [4.78, 5) is 23.5. The minimum absolute atomic E-state index is 0.109. The standard InChI is InChI=1S/C18H17F2NO4/c1-10(22)12-4-7-16(17(8-12)24-3)25-11(2)18(23)21-13-5-6-14(19)15(20)9-13/h4-9,11H,1-3H3,(H,21,23). The topological polar surface area (TPSA) is 64.6 Å². The van der Waals surface area contributed by atoms with E-state index in [0.29, 0.717) is 11.3 Å². The molecule has 0 saturated carbocycles. The summed E-state index contributed by atoms with van der Waals surface area (Å²) < 4.78 is 36.8. The molecule has 2 aromatic carbocycles. The molecule has 1 atom stereocenters. The summed E-state index contributed by atoms with van der Waals surface area (Å²) in [6.07, 6.45) is -0.940. The van der Waals surface area contributed by atoms with Crippen molar-refractivity contribution >= 4 is 17.4 Å². The Morgan fingerprint density at radius 3 is 2.36 bits per heavy atom. The average molecular weight is 349 g/mol. The molecule has 0 radical (unpaired) electrons. The van der Waals surface area contributed by atoms with Crippen LogP contribution in [0, 0.1) is 11.6 Å². The number of rotatable bonds is 6. The van der Waals surface area contributed by atoms with Crippen LogP contribution >= 0.6 is 0 Å². The van der Waals surface area contributed by atoms with Crippen molar-refractivity contribution in [3.8, 4) is 11.5 Å². The molecule has 1 unspecified atom stereocenters.